The molecule has 0 spiro atoms. The zero-order valence-corrected chi connectivity index (χ0v) is 7.05. The quantitative estimate of drug-likeness (QED) is 0.412. The largest absolute Gasteiger partial charge is 0.374 e. The van der Waals surface area contributed by atoms with E-state index in [1.807, 2.05) is 26.3 Å². The lowest BCUT2D eigenvalue weighted by Gasteiger charge is -2.31. The fourth-order valence-corrected chi connectivity index (χ4v) is 0.751. The Morgan fingerprint density at radius 1 is 1.30 bits per heavy atom. The minimum Gasteiger partial charge on any atom is -0.374 e. The monoisotopic (exact) mass is 147 g/mol. The van der Waals surface area contributed by atoms with E-state index in [1.54, 1.807) is 6.92 Å². The van der Waals surface area contributed by atoms with Crippen LogP contribution < -0.4 is 5.48 Å². The lowest BCUT2D eigenvalue weighted by Crippen LogP contribution is -2.47. The highest BCUT2D eigenvalue weighted by Crippen LogP contribution is 2.20. The third kappa shape index (κ3) is 2.25. The number of hydrogen-bond donors (Lipinski definition) is 3. The molecule has 2 atom stereocenters. The predicted molar refractivity (Wildman–Crippen MR) is 39.5 cm³/mol. The summed E-state index contributed by atoms with van der Waals surface area (Å²) in [4.78, 5) is 0. The Labute approximate surface area is 62.0 Å². The van der Waals surface area contributed by atoms with Crippen molar-refractivity contribution < 1.29 is 10.3 Å². The molecule has 0 saturated carbocycles. The Hall–Kier alpha value is -0.120. The molecule has 1 unspecified atom stereocenters. The van der Waals surface area contributed by atoms with Crippen molar-refractivity contribution in [1.82, 2.24) is 5.48 Å². The molecule has 0 fully saturated rings. The van der Waals surface area contributed by atoms with Gasteiger partial charge in [-0.2, -0.15) is 5.48 Å². The summed E-state index contributed by atoms with van der Waals surface area (Å²) in [7, 11) is 0. The zero-order chi connectivity index (χ0) is 8.36. The van der Waals surface area contributed by atoms with Gasteiger partial charge in [-0.15, -0.1) is 0 Å². The summed E-state index contributed by atoms with van der Waals surface area (Å²) in [5, 5.41) is 17.9. The van der Waals surface area contributed by atoms with Crippen molar-refractivity contribution in [3.8, 4) is 0 Å². The molecular formula is C7H17NO2. The van der Waals surface area contributed by atoms with Crippen LogP contribution in [0.5, 0.6) is 0 Å². The second kappa shape index (κ2) is 3.32. The lowest BCUT2D eigenvalue weighted by molar-refractivity contribution is -0.124. The van der Waals surface area contributed by atoms with E-state index in [4.69, 9.17) is 5.21 Å². The third-order valence-corrected chi connectivity index (χ3v) is 2.11. The van der Waals surface area contributed by atoms with Gasteiger partial charge in [-0.3, -0.25) is 0 Å². The molecule has 0 aromatic carbocycles. The Morgan fingerprint density at radius 3 is 1.80 bits per heavy atom. The molecule has 0 heterocycles. The third-order valence-electron chi connectivity index (χ3n) is 2.11. The van der Waals surface area contributed by atoms with Crippen molar-refractivity contribution in [2.75, 3.05) is 0 Å². The van der Waals surface area contributed by atoms with Gasteiger partial charge in [0.15, 0.2) is 0 Å². The normalized spacial score (nSPS) is 20.7. The van der Waals surface area contributed by atoms with E-state index in [2.05, 4.69) is 0 Å². The smallest absolute Gasteiger partial charge is 0.137 e. The zero-order valence-electron chi connectivity index (χ0n) is 7.05. The summed E-state index contributed by atoms with van der Waals surface area (Å²) in [5.41, 5.74) is 0.706. The van der Waals surface area contributed by atoms with Crippen molar-refractivity contribution in [3.05, 3.63) is 0 Å². The summed E-state index contributed by atoms with van der Waals surface area (Å²) in [6.07, 6.45) is 0. The molecule has 0 aliphatic carbocycles. The van der Waals surface area contributed by atoms with Gasteiger partial charge in [0, 0.05) is 5.92 Å². The van der Waals surface area contributed by atoms with Gasteiger partial charge in [0.1, 0.15) is 5.72 Å². The highest BCUT2D eigenvalue weighted by Gasteiger charge is 2.29. The van der Waals surface area contributed by atoms with Crippen LogP contribution in [0.15, 0.2) is 0 Å². The fourth-order valence-electron chi connectivity index (χ4n) is 0.751. The minimum absolute atomic E-state index is 0.0255. The first kappa shape index (κ1) is 9.88. The first-order valence-corrected chi connectivity index (χ1v) is 3.55. The number of rotatable bonds is 3. The van der Waals surface area contributed by atoms with E-state index in [0.717, 1.165) is 0 Å². The fraction of sp³-hybridized carbons (Fsp3) is 1.00. The topological polar surface area (TPSA) is 52.5 Å². The van der Waals surface area contributed by atoms with Crippen LogP contribution in [-0.2, 0) is 0 Å². The first-order chi connectivity index (χ1) is 4.41. The van der Waals surface area contributed by atoms with E-state index >= 15 is 0 Å². The van der Waals surface area contributed by atoms with Gasteiger partial charge in [-0.05, 0) is 12.8 Å². The van der Waals surface area contributed by atoms with E-state index in [-0.39, 0.29) is 5.92 Å². The van der Waals surface area contributed by atoms with Crippen LogP contribution in [0.3, 0.4) is 0 Å². The number of hydroxylamine groups is 1. The van der Waals surface area contributed by atoms with Crippen LogP contribution in [-0.4, -0.2) is 16.0 Å². The van der Waals surface area contributed by atoms with Crippen LogP contribution in [0, 0.1) is 11.8 Å². The molecule has 10 heavy (non-hydrogen) atoms. The average molecular weight is 147 g/mol. The van der Waals surface area contributed by atoms with Gasteiger partial charge < -0.3 is 10.3 Å². The van der Waals surface area contributed by atoms with E-state index < -0.39 is 5.72 Å². The first-order valence-electron chi connectivity index (χ1n) is 3.55. The molecule has 0 aromatic rings. The molecule has 3 heteroatoms. The standard InChI is InChI=1S/C7H17NO2/c1-5(2)6(3)7(4,9)8-10/h5-6,8-10H,1-4H3/t6-,7?/m1/s1. The molecule has 0 aromatic heterocycles. The van der Waals surface area contributed by atoms with Crippen LogP contribution in [0.1, 0.15) is 27.7 Å². The van der Waals surface area contributed by atoms with Crippen molar-refractivity contribution in [1.29, 1.82) is 0 Å². The highest BCUT2D eigenvalue weighted by atomic mass is 16.5. The van der Waals surface area contributed by atoms with Gasteiger partial charge in [-0.25, -0.2) is 0 Å². The maximum atomic E-state index is 9.40. The predicted octanol–water partition coefficient (Wildman–Crippen LogP) is 0.966. The molecule has 0 aliphatic rings. The molecule has 0 radical (unpaired) electrons. The van der Waals surface area contributed by atoms with Crippen LogP contribution >= 0.6 is 0 Å². The van der Waals surface area contributed by atoms with Crippen LogP contribution in [0.25, 0.3) is 0 Å². The highest BCUT2D eigenvalue weighted by molar-refractivity contribution is 4.74. The second-order valence-electron chi connectivity index (χ2n) is 3.29. The van der Waals surface area contributed by atoms with E-state index in [0.29, 0.717) is 5.92 Å². The Bertz CT molecular complexity index is 102. The Morgan fingerprint density at radius 2 is 1.70 bits per heavy atom. The lowest BCUT2D eigenvalue weighted by atomic mass is 9.89. The molecule has 0 aliphatic heterocycles. The number of aliphatic hydroxyl groups is 1. The molecule has 3 nitrogen and oxygen atoms in total. The average Bonchev–Trinajstić information content (AvgIpc) is 1.86. The summed E-state index contributed by atoms with van der Waals surface area (Å²) >= 11 is 0. The van der Waals surface area contributed by atoms with Gasteiger partial charge >= 0.3 is 0 Å². The van der Waals surface area contributed by atoms with Crippen molar-refractivity contribution in [2.45, 2.75) is 33.4 Å². The van der Waals surface area contributed by atoms with E-state index in [9.17, 15) is 5.11 Å². The van der Waals surface area contributed by atoms with Gasteiger partial charge in [-0.1, -0.05) is 20.8 Å². The van der Waals surface area contributed by atoms with Crippen LogP contribution in [0.4, 0.5) is 0 Å². The van der Waals surface area contributed by atoms with Gasteiger partial charge in [0.25, 0.3) is 0 Å². The maximum absolute atomic E-state index is 9.40. The van der Waals surface area contributed by atoms with Crippen molar-refractivity contribution in [2.24, 2.45) is 11.8 Å². The van der Waals surface area contributed by atoms with Gasteiger partial charge in [0.05, 0.1) is 0 Å². The second-order valence-corrected chi connectivity index (χ2v) is 3.29. The maximum Gasteiger partial charge on any atom is 0.137 e. The molecule has 0 rings (SSSR count). The summed E-state index contributed by atoms with van der Waals surface area (Å²) in [5.74, 6) is 0.368. The summed E-state index contributed by atoms with van der Waals surface area (Å²) < 4.78 is 0. The van der Waals surface area contributed by atoms with E-state index in [1.165, 1.54) is 0 Å². The number of nitrogens with one attached hydrogen (secondary N) is 1. The molecule has 0 amide bonds. The minimum atomic E-state index is -1.17. The summed E-state index contributed by atoms with van der Waals surface area (Å²) in [6, 6.07) is 0. The molecule has 0 bridgehead atoms. The van der Waals surface area contributed by atoms with Gasteiger partial charge in [0.2, 0.25) is 0 Å². The Kier molecular flexibility index (Phi) is 3.28. The number of hydrogen-bond acceptors (Lipinski definition) is 3. The SMILES string of the molecule is CC(C)[C@@H](C)C(C)(O)NO. The van der Waals surface area contributed by atoms with Crippen molar-refractivity contribution >= 4 is 0 Å². The van der Waals surface area contributed by atoms with Crippen LogP contribution in [0.2, 0.25) is 0 Å². The molecule has 3 N–H and O–H groups in total. The molecular weight excluding hydrogens is 130 g/mol. The Balaban J connectivity index is 4.03. The molecule has 62 valence electrons. The summed E-state index contributed by atoms with van der Waals surface area (Å²) in [6.45, 7) is 7.43. The van der Waals surface area contributed by atoms with Crippen molar-refractivity contribution in [3.63, 3.8) is 0 Å². The molecule has 0 saturated heterocycles.